The Balaban J connectivity index is 2.12. The molecule has 0 saturated heterocycles. The van der Waals surface area contributed by atoms with E-state index in [4.69, 9.17) is 5.73 Å². The van der Waals surface area contributed by atoms with Gasteiger partial charge >= 0.3 is 0 Å². The van der Waals surface area contributed by atoms with Crippen molar-refractivity contribution in [3.8, 4) is 0 Å². The molecule has 1 fully saturated rings. The fourth-order valence-electron chi connectivity index (χ4n) is 1.80. The van der Waals surface area contributed by atoms with Gasteiger partial charge < -0.3 is 11.1 Å². The molecule has 1 aromatic carbocycles. The molecular weight excluding hydrogens is 172 g/mol. The van der Waals surface area contributed by atoms with Gasteiger partial charge in [-0.05, 0) is 30.9 Å². The van der Waals surface area contributed by atoms with Gasteiger partial charge in [-0.25, -0.2) is 0 Å². The maximum absolute atomic E-state index is 5.79. The summed E-state index contributed by atoms with van der Waals surface area (Å²) >= 11 is 0. The Morgan fingerprint density at radius 3 is 2.71 bits per heavy atom. The zero-order valence-electron chi connectivity index (χ0n) is 8.66. The molecule has 0 amide bonds. The number of rotatable bonds is 4. The van der Waals surface area contributed by atoms with E-state index in [1.165, 1.54) is 24.0 Å². The zero-order valence-corrected chi connectivity index (χ0v) is 8.66. The van der Waals surface area contributed by atoms with E-state index in [9.17, 15) is 0 Å². The van der Waals surface area contributed by atoms with Gasteiger partial charge in [0, 0.05) is 18.6 Å². The maximum Gasteiger partial charge on any atom is 0.0449 e. The summed E-state index contributed by atoms with van der Waals surface area (Å²) in [5.74, 6) is 0. The van der Waals surface area contributed by atoms with Crippen LogP contribution in [0, 0.1) is 6.92 Å². The van der Waals surface area contributed by atoms with Gasteiger partial charge in [0.15, 0.2) is 0 Å². The highest BCUT2D eigenvalue weighted by molar-refractivity contribution is 5.29. The molecule has 1 aromatic rings. The Morgan fingerprint density at radius 2 is 2.14 bits per heavy atom. The summed E-state index contributed by atoms with van der Waals surface area (Å²) < 4.78 is 0. The van der Waals surface area contributed by atoms with Crippen molar-refractivity contribution in [2.75, 3.05) is 6.54 Å². The molecule has 2 heteroatoms. The molecule has 14 heavy (non-hydrogen) atoms. The van der Waals surface area contributed by atoms with Gasteiger partial charge in [-0.3, -0.25) is 0 Å². The van der Waals surface area contributed by atoms with Crippen LogP contribution in [0.25, 0.3) is 0 Å². The summed E-state index contributed by atoms with van der Waals surface area (Å²) in [5, 5.41) is 3.57. The Hall–Kier alpha value is -0.860. The largest absolute Gasteiger partial charge is 0.329 e. The smallest absolute Gasteiger partial charge is 0.0449 e. The summed E-state index contributed by atoms with van der Waals surface area (Å²) in [6.45, 7) is 2.83. The summed E-state index contributed by atoms with van der Waals surface area (Å²) in [6, 6.07) is 9.52. The molecular formula is C12H18N2. The number of hydrogen-bond acceptors (Lipinski definition) is 2. The van der Waals surface area contributed by atoms with Crippen LogP contribution < -0.4 is 11.1 Å². The van der Waals surface area contributed by atoms with E-state index < -0.39 is 0 Å². The molecule has 0 bridgehead atoms. The number of nitrogens with two attached hydrogens (primary N) is 1. The molecule has 0 spiro atoms. The minimum atomic E-state index is 0.337. The topological polar surface area (TPSA) is 38.0 Å². The third-order valence-corrected chi connectivity index (χ3v) is 2.81. The molecule has 2 nitrogen and oxygen atoms in total. The molecule has 1 unspecified atom stereocenters. The highest BCUT2D eigenvalue weighted by atomic mass is 15.0. The van der Waals surface area contributed by atoms with Crippen LogP contribution in [0.5, 0.6) is 0 Å². The normalized spacial score (nSPS) is 18.1. The maximum atomic E-state index is 5.79. The predicted molar refractivity (Wildman–Crippen MR) is 59.1 cm³/mol. The SMILES string of the molecule is Cc1ccccc1C(CN)NC1CC1. The lowest BCUT2D eigenvalue weighted by molar-refractivity contribution is 0.536. The third-order valence-electron chi connectivity index (χ3n) is 2.81. The summed E-state index contributed by atoms with van der Waals surface area (Å²) in [7, 11) is 0. The monoisotopic (exact) mass is 190 g/mol. The second kappa shape index (κ2) is 4.11. The second-order valence-corrected chi connectivity index (χ2v) is 4.09. The highest BCUT2D eigenvalue weighted by Gasteiger charge is 2.24. The first-order valence-corrected chi connectivity index (χ1v) is 5.33. The van der Waals surface area contributed by atoms with Crippen molar-refractivity contribution in [1.29, 1.82) is 0 Å². The van der Waals surface area contributed by atoms with E-state index in [1.807, 2.05) is 0 Å². The molecule has 76 valence electrons. The predicted octanol–water partition coefficient (Wildman–Crippen LogP) is 1.75. The van der Waals surface area contributed by atoms with Crippen molar-refractivity contribution in [2.45, 2.75) is 31.8 Å². The van der Waals surface area contributed by atoms with Crippen molar-refractivity contribution in [3.05, 3.63) is 35.4 Å². The average molecular weight is 190 g/mol. The molecule has 2 rings (SSSR count). The third kappa shape index (κ3) is 2.14. The van der Waals surface area contributed by atoms with Crippen molar-refractivity contribution in [1.82, 2.24) is 5.32 Å². The average Bonchev–Trinajstić information content (AvgIpc) is 2.99. The van der Waals surface area contributed by atoms with E-state index in [0.717, 1.165) is 0 Å². The van der Waals surface area contributed by atoms with Crippen molar-refractivity contribution >= 4 is 0 Å². The first-order valence-electron chi connectivity index (χ1n) is 5.33. The zero-order chi connectivity index (χ0) is 9.97. The highest BCUT2D eigenvalue weighted by Crippen LogP contribution is 2.24. The molecule has 0 aromatic heterocycles. The number of benzene rings is 1. The Bertz CT molecular complexity index is 305. The van der Waals surface area contributed by atoms with E-state index in [2.05, 4.69) is 36.5 Å². The van der Waals surface area contributed by atoms with Crippen LogP contribution in [-0.2, 0) is 0 Å². The first-order chi connectivity index (χ1) is 6.81. The Kier molecular flexibility index (Phi) is 2.85. The van der Waals surface area contributed by atoms with Crippen LogP contribution in [-0.4, -0.2) is 12.6 Å². The summed E-state index contributed by atoms with van der Waals surface area (Å²) in [4.78, 5) is 0. The van der Waals surface area contributed by atoms with Crippen molar-refractivity contribution < 1.29 is 0 Å². The molecule has 0 heterocycles. The molecule has 0 radical (unpaired) electrons. The van der Waals surface area contributed by atoms with E-state index in [0.29, 0.717) is 18.6 Å². The first kappa shape index (κ1) is 9.69. The number of aryl methyl sites for hydroxylation is 1. The lowest BCUT2D eigenvalue weighted by Gasteiger charge is -2.18. The number of hydrogen-bond donors (Lipinski definition) is 2. The molecule has 1 saturated carbocycles. The summed E-state index contributed by atoms with van der Waals surface area (Å²) in [6.07, 6.45) is 2.62. The van der Waals surface area contributed by atoms with E-state index >= 15 is 0 Å². The standard InChI is InChI=1S/C12H18N2/c1-9-4-2-3-5-11(9)12(8-13)14-10-6-7-10/h2-5,10,12,14H,6-8,13H2,1H3. The number of nitrogens with one attached hydrogen (secondary N) is 1. The van der Waals surface area contributed by atoms with Crippen LogP contribution in [0.2, 0.25) is 0 Å². The van der Waals surface area contributed by atoms with Crippen LogP contribution >= 0.6 is 0 Å². The molecule has 0 aliphatic heterocycles. The molecule has 1 atom stereocenters. The Morgan fingerprint density at radius 1 is 1.43 bits per heavy atom. The van der Waals surface area contributed by atoms with Gasteiger partial charge in [0.2, 0.25) is 0 Å². The van der Waals surface area contributed by atoms with Crippen LogP contribution in [0.3, 0.4) is 0 Å². The second-order valence-electron chi connectivity index (χ2n) is 4.09. The van der Waals surface area contributed by atoms with E-state index in [-0.39, 0.29) is 0 Å². The van der Waals surface area contributed by atoms with E-state index in [1.54, 1.807) is 0 Å². The molecule has 3 N–H and O–H groups in total. The summed E-state index contributed by atoms with van der Waals surface area (Å²) in [5.41, 5.74) is 8.47. The van der Waals surface area contributed by atoms with Gasteiger partial charge in [-0.1, -0.05) is 24.3 Å². The molecule has 1 aliphatic carbocycles. The van der Waals surface area contributed by atoms with Gasteiger partial charge in [-0.15, -0.1) is 0 Å². The Labute approximate surface area is 85.5 Å². The van der Waals surface area contributed by atoms with Gasteiger partial charge in [0.1, 0.15) is 0 Å². The van der Waals surface area contributed by atoms with Crippen LogP contribution in [0.15, 0.2) is 24.3 Å². The quantitative estimate of drug-likeness (QED) is 0.759. The van der Waals surface area contributed by atoms with Crippen LogP contribution in [0.4, 0.5) is 0 Å². The van der Waals surface area contributed by atoms with Gasteiger partial charge in [0.25, 0.3) is 0 Å². The lowest BCUT2D eigenvalue weighted by atomic mass is 10.0. The van der Waals surface area contributed by atoms with Crippen molar-refractivity contribution in [3.63, 3.8) is 0 Å². The minimum Gasteiger partial charge on any atom is -0.329 e. The fourth-order valence-corrected chi connectivity index (χ4v) is 1.80. The molecule has 1 aliphatic rings. The van der Waals surface area contributed by atoms with Crippen LogP contribution in [0.1, 0.15) is 30.0 Å². The minimum absolute atomic E-state index is 0.337. The van der Waals surface area contributed by atoms with Gasteiger partial charge in [0.05, 0.1) is 0 Å². The van der Waals surface area contributed by atoms with Gasteiger partial charge in [-0.2, -0.15) is 0 Å². The van der Waals surface area contributed by atoms with Crippen molar-refractivity contribution in [2.24, 2.45) is 5.73 Å². The lowest BCUT2D eigenvalue weighted by Crippen LogP contribution is -2.30. The fraction of sp³-hybridized carbons (Fsp3) is 0.500.